The molecule has 0 fully saturated rings. The lowest BCUT2D eigenvalue weighted by atomic mass is 9.96. The van der Waals surface area contributed by atoms with Crippen molar-refractivity contribution in [2.75, 3.05) is 4.90 Å². The van der Waals surface area contributed by atoms with Crippen LogP contribution in [0.15, 0.2) is 188 Å². The molecule has 0 spiro atoms. The van der Waals surface area contributed by atoms with Crippen LogP contribution in [0.4, 0.5) is 17.1 Å². The van der Waals surface area contributed by atoms with Crippen LogP contribution in [-0.2, 0) is 0 Å². The minimum absolute atomic E-state index is 1.11. The van der Waals surface area contributed by atoms with Gasteiger partial charge in [-0.2, -0.15) is 0 Å². The molecule has 0 atom stereocenters. The van der Waals surface area contributed by atoms with E-state index in [1.165, 1.54) is 54.9 Å². The highest BCUT2D eigenvalue weighted by molar-refractivity contribution is 6.01. The van der Waals surface area contributed by atoms with Crippen LogP contribution in [0.25, 0.3) is 54.9 Å². The number of hydrogen-bond acceptors (Lipinski definition) is 1. The van der Waals surface area contributed by atoms with E-state index in [-0.39, 0.29) is 0 Å². The fourth-order valence-electron chi connectivity index (χ4n) is 6.33. The smallest absolute Gasteiger partial charge is 0.0474 e. The summed E-state index contributed by atoms with van der Waals surface area (Å²) in [6.07, 6.45) is 0. The highest BCUT2D eigenvalue weighted by atomic mass is 15.1. The van der Waals surface area contributed by atoms with E-state index in [4.69, 9.17) is 0 Å². The van der Waals surface area contributed by atoms with Crippen LogP contribution in [0.2, 0.25) is 0 Å². The average Bonchev–Trinajstić information content (AvgIpc) is 3.12. The summed E-state index contributed by atoms with van der Waals surface area (Å²) >= 11 is 0. The Hall–Kier alpha value is -5.92. The van der Waals surface area contributed by atoms with Gasteiger partial charge in [0.1, 0.15) is 0 Å². The molecule has 0 amide bonds. The maximum absolute atomic E-state index is 2.37. The van der Waals surface area contributed by atoms with Crippen molar-refractivity contribution in [3.05, 3.63) is 188 Å². The van der Waals surface area contributed by atoms with Crippen molar-refractivity contribution in [1.82, 2.24) is 0 Å². The van der Waals surface area contributed by atoms with Crippen LogP contribution in [0, 0.1) is 0 Å². The first kappa shape index (κ1) is 26.7. The van der Waals surface area contributed by atoms with Gasteiger partial charge < -0.3 is 4.90 Å². The molecule has 8 aromatic rings. The lowest BCUT2D eigenvalue weighted by Gasteiger charge is -2.27. The van der Waals surface area contributed by atoms with Crippen molar-refractivity contribution in [2.24, 2.45) is 0 Å². The Balaban J connectivity index is 1.27. The summed E-state index contributed by atoms with van der Waals surface area (Å²) in [5, 5.41) is 4.98. The average molecular weight is 574 g/mol. The predicted octanol–water partition coefficient (Wildman–Crippen LogP) is 12.5. The van der Waals surface area contributed by atoms with Gasteiger partial charge in [0.25, 0.3) is 0 Å². The number of nitrogens with zero attached hydrogens (tertiary/aromatic N) is 1. The lowest BCUT2D eigenvalue weighted by Crippen LogP contribution is -2.10. The molecule has 212 valence electrons. The molecule has 0 N–H and O–H groups in total. The van der Waals surface area contributed by atoms with Gasteiger partial charge in [-0.1, -0.05) is 146 Å². The van der Waals surface area contributed by atoms with Crippen LogP contribution >= 0.6 is 0 Å². The summed E-state index contributed by atoms with van der Waals surface area (Å²) in [4.78, 5) is 2.37. The van der Waals surface area contributed by atoms with Crippen molar-refractivity contribution < 1.29 is 0 Å². The van der Waals surface area contributed by atoms with Gasteiger partial charge in [0.05, 0.1) is 0 Å². The predicted molar refractivity (Wildman–Crippen MR) is 192 cm³/mol. The Morgan fingerprint density at radius 3 is 1.42 bits per heavy atom. The van der Waals surface area contributed by atoms with Crippen LogP contribution in [-0.4, -0.2) is 0 Å². The molecule has 0 aromatic heterocycles. The van der Waals surface area contributed by atoms with Gasteiger partial charge >= 0.3 is 0 Å². The quantitative estimate of drug-likeness (QED) is 0.191. The lowest BCUT2D eigenvalue weighted by molar-refractivity contribution is 1.29. The fraction of sp³-hybridized carbons (Fsp3) is 0. The maximum atomic E-state index is 2.37. The Morgan fingerprint density at radius 1 is 0.267 bits per heavy atom. The summed E-state index contributed by atoms with van der Waals surface area (Å²) < 4.78 is 0. The topological polar surface area (TPSA) is 3.24 Å². The monoisotopic (exact) mass is 573 g/mol. The third-order valence-electron chi connectivity index (χ3n) is 8.63. The largest absolute Gasteiger partial charge is 0.310 e. The van der Waals surface area contributed by atoms with Crippen molar-refractivity contribution in [2.45, 2.75) is 0 Å². The molecule has 0 saturated heterocycles. The molecular formula is C44H31N. The number of benzene rings is 8. The first-order valence-electron chi connectivity index (χ1n) is 15.4. The van der Waals surface area contributed by atoms with Gasteiger partial charge in [0.15, 0.2) is 0 Å². The van der Waals surface area contributed by atoms with E-state index in [1.54, 1.807) is 0 Å². The van der Waals surface area contributed by atoms with Gasteiger partial charge in [-0.15, -0.1) is 0 Å². The minimum atomic E-state index is 1.11. The summed E-state index contributed by atoms with van der Waals surface area (Å²) in [5.74, 6) is 0. The van der Waals surface area contributed by atoms with Crippen LogP contribution < -0.4 is 4.90 Å². The molecule has 1 heteroatoms. The molecule has 0 aliphatic rings. The van der Waals surface area contributed by atoms with Crippen molar-refractivity contribution in [3.8, 4) is 33.4 Å². The van der Waals surface area contributed by atoms with E-state index < -0.39 is 0 Å². The number of anilines is 3. The van der Waals surface area contributed by atoms with E-state index in [0.717, 1.165) is 17.1 Å². The summed E-state index contributed by atoms with van der Waals surface area (Å²) in [6.45, 7) is 0. The second kappa shape index (κ2) is 11.6. The minimum Gasteiger partial charge on any atom is -0.310 e. The molecule has 0 bridgehead atoms. The van der Waals surface area contributed by atoms with Crippen LogP contribution in [0.3, 0.4) is 0 Å². The Bertz CT molecular complexity index is 2230. The highest BCUT2D eigenvalue weighted by Gasteiger charge is 2.16. The molecule has 45 heavy (non-hydrogen) atoms. The maximum Gasteiger partial charge on any atom is 0.0474 e. The second-order valence-corrected chi connectivity index (χ2v) is 11.4. The van der Waals surface area contributed by atoms with Crippen molar-refractivity contribution in [3.63, 3.8) is 0 Å². The zero-order valence-electron chi connectivity index (χ0n) is 24.8. The van der Waals surface area contributed by atoms with Gasteiger partial charge in [0, 0.05) is 17.1 Å². The number of fused-ring (bicyclic) bond motifs is 2. The van der Waals surface area contributed by atoms with Crippen molar-refractivity contribution >= 4 is 38.6 Å². The third-order valence-corrected chi connectivity index (χ3v) is 8.63. The SMILES string of the molecule is c1ccc(-c2ccc(N(c3ccc(-c4ccc5ccccc5c4)cc3)c3cc(-c4ccccc4)c4ccccc4c3)cc2)cc1. The van der Waals surface area contributed by atoms with E-state index in [9.17, 15) is 0 Å². The molecule has 0 heterocycles. The number of hydrogen-bond donors (Lipinski definition) is 0. The zero-order valence-corrected chi connectivity index (χ0v) is 24.8. The molecule has 8 rings (SSSR count). The van der Waals surface area contributed by atoms with Gasteiger partial charge in [0.2, 0.25) is 0 Å². The van der Waals surface area contributed by atoms with Gasteiger partial charge in [-0.25, -0.2) is 0 Å². The van der Waals surface area contributed by atoms with E-state index in [1.807, 2.05) is 0 Å². The molecule has 0 saturated carbocycles. The Morgan fingerprint density at radius 2 is 0.756 bits per heavy atom. The molecular weight excluding hydrogens is 542 g/mol. The molecule has 0 radical (unpaired) electrons. The molecule has 0 aliphatic carbocycles. The van der Waals surface area contributed by atoms with Crippen LogP contribution in [0.1, 0.15) is 0 Å². The first-order valence-corrected chi connectivity index (χ1v) is 15.4. The zero-order chi connectivity index (χ0) is 30.0. The normalized spacial score (nSPS) is 11.1. The van der Waals surface area contributed by atoms with Crippen LogP contribution in [0.5, 0.6) is 0 Å². The summed E-state index contributed by atoms with van der Waals surface area (Å²) in [5.41, 5.74) is 10.6. The second-order valence-electron chi connectivity index (χ2n) is 11.4. The van der Waals surface area contributed by atoms with E-state index >= 15 is 0 Å². The Labute approximate surface area is 264 Å². The van der Waals surface area contributed by atoms with E-state index in [0.29, 0.717) is 0 Å². The molecule has 1 nitrogen and oxygen atoms in total. The third kappa shape index (κ3) is 5.26. The highest BCUT2D eigenvalue weighted by Crippen LogP contribution is 2.41. The number of rotatable bonds is 6. The fourth-order valence-corrected chi connectivity index (χ4v) is 6.33. The summed E-state index contributed by atoms with van der Waals surface area (Å²) in [6, 6.07) is 67.7. The molecule has 0 unspecified atom stereocenters. The standard InChI is InChI=1S/C44H31N/c1-3-11-32(12-4-1)34-21-25-40(26-22-34)45(41-27-23-35(24-28-41)38-20-19-33-13-7-8-16-37(33)29-38)42-30-39-17-9-10-18-43(39)44(31-42)36-14-5-2-6-15-36/h1-31H. The van der Waals surface area contributed by atoms with Crippen molar-refractivity contribution in [1.29, 1.82) is 0 Å². The molecule has 0 aliphatic heterocycles. The Kier molecular flexibility index (Phi) is 6.90. The first-order chi connectivity index (χ1) is 22.3. The van der Waals surface area contributed by atoms with Gasteiger partial charge in [-0.05, 0) is 97.4 Å². The molecule has 8 aromatic carbocycles. The van der Waals surface area contributed by atoms with Gasteiger partial charge in [-0.3, -0.25) is 0 Å². The summed E-state index contributed by atoms with van der Waals surface area (Å²) in [7, 11) is 0. The van der Waals surface area contributed by atoms with E-state index in [2.05, 4.69) is 193 Å².